The van der Waals surface area contributed by atoms with Crippen LogP contribution in [0.1, 0.15) is 31.0 Å². The lowest BCUT2D eigenvalue weighted by Gasteiger charge is -2.31. The lowest BCUT2D eigenvalue weighted by atomic mass is 10.1. The number of carbonyl (C=O) groups excluding carboxylic acids is 1. The van der Waals surface area contributed by atoms with Crippen LogP contribution < -0.4 is 10.5 Å². The van der Waals surface area contributed by atoms with Crippen LogP contribution in [-0.4, -0.2) is 44.3 Å². The molecule has 0 N–H and O–H groups in total. The summed E-state index contributed by atoms with van der Waals surface area (Å²) < 4.78 is 2.32. The number of rotatable bonds is 5. The lowest BCUT2D eigenvalue weighted by molar-refractivity contribution is -0.123. The van der Waals surface area contributed by atoms with Crippen molar-refractivity contribution in [2.45, 2.75) is 26.4 Å². The van der Waals surface area contributed by atoms with Gasteiger partial charge in [0.25, 0.3) is 11.5 Å². The van der Waals surface area contributed by atoms with Crippen LogP contribution in [0.5, 0.6) is 0 Å². The molecule has 0 aliphatic carbocycles. The summed E-state index contributed by atoms with van der Waals surface area (Å²) >= 11 is 8.84. The Morgan fingerprint density at radius 2 is 1.71 bits per heavy atom. The van der Waals surface area contributed by atoms with Gasteiger partial charge in [0.05, 0.1) is 27.7 Å². The molecule has 2 aliphatic heterocycles. The maximum Gasteiger partial charge on any atom is 0.266 e. The van der Waals surface area contributed by atoms with Crippen molar-refractivity contribution < 1.29 is 4.79 Å². The molecule has 2 saturated heterocycles. The second-order valence-electron chi connectivity index (χ2n) is 8.57. The van der Waals surface area contributed by atoms with E-state index >= 15 is 0 Å². The predicted molar refractivity (Wildman–Crippen MR) is 153 cm³/mol. The second-order valence-corrected chi connectivity index (χ2v) is 11.5. The molecule has 1 amide bonds. The number of carbonyl (C=O) groups is 1. The van der Waals surface area contributed by atoms with Crippen molar-refractivity contribution in [2.24, 2.45) is 0 Å². The number of thioether (sulfide) groups is 2. The van der Waals surface area contributed by atoms with Gasteiger partial charge in [-0.1, -0.05) is 72.5 Å². The van der Waals surface area contributed by atoms with Crippen LogP contribution in [0.15, 0.2) is 64.3 Å². The summed E-state index contributed by atoms with van der Waals surface area (Å²) in [6, 6.07) is 17.8. The third-order valence-electron chi connectivity index (χ3n) is 6.59. The number of amides is 1. The van der Waals surface area contributed by atoms with E-state index in [1.165, 1.54) is 11.8 Å². The van der Waals surface area contributed by atoms with Crippen molar-refractivity contribution in [1.29, 1.82) is 0 Å². The molecule has 2 aromatic carbocycles. The minimum Gasteiger partial charge on any atom is -0.369 e. The average Bonchev–Trinajstić information content (AvgIpc) is 3.17. The van der Waals surface area contributed by atoms with Gasteiger partial charge in [-0.2, -0.15) is 11.8 Å². The van der Waals surface area contributed by atoms with Gasteiger partial charge in [0, 0.05) is 36.5 Å². The Hall–Kier alpha value is -2.55. The molecule has 0 spiro atoms. The number of aromatic nitrogens is 1. The standard InChI is InChI=1S/C27H27N3O2S3/c1-3-29-22-12-8-7-11-20(22)24(28-13-15-34-16-14-28)21(25(29)31)17-23-26(32)30(27(33)35-23)18(2)19-9-5-4-6-10-19/h4-12,17-18H,3,13-16H2,1-2H3. The van der Waals surface area contributed by atoms with Gasteiger partial charge in [-0.15, -0.1) is 0 Å². The van der Waals surface area contributed by atoms with E-state index in [2.05, 4.69) is 11.0 Å². The van der Waals surface area contributed by atoms with Crippen molar-refractivity contribution in [3.63, 3.8) is 0 Å². The van der Waals surface area contributed by atoms with Crippen molar-refractivity contribution in [1.82, 2.24) is 9.47 Å². The van der Waals surface area contributed by atoms with Gasteiger partial charge in [0.2, 0.25) is 0 Å². The summed E-state index contributed by atoms with van der Waals surface area (Å²) in [6.45, 7) is 6.27. The maximum absolute atomic E-state index is 13.8. The third kappa shape index (κ3) is 4.43. The summed E-state index contributed by atoms with van der Waals surface area (Å²) in [5.74, 6) is 1.88. The minimum atomic E-state index is -0.183. The van der Waals surface area contributed by atoms with Crippen LogP contribution in [-0.2, 0) is 11.3 Å². The number of benzene rings is 2. The molecule has 35 heavy (non-hydrogen) atoms. The van der Waals surface area contributed by atoms with Crippen LogP contribution in [0, 0.1) is 0 Å². The molecule has 8 heteroatoms. The molecule has 2 aliphatic rings. The Balaban J connectivity index is 1.65. The van der Waals surface area contributed by atoms with Crippen LogP contribution in [0.4, 0.5) is 5.69 Å². The first-order valence-corrected chi connectivity index (χ1v) is 14.2. The lowest BCUT2D eigenvalue weighted by Crippen LogP contribution is -2.36. The molecule has 0 saturated carbocycles. The number of pyridine rings is 1. The van der Waals surface area contributed by atoms with E-state index < -0.39 is 0 Å². The predicted octanol–water partition coefficient (Wildman–Crippen LogP) is 5.54. The molecule has 3 aromatic rings. The zero-order valence-electron chi connectivity index (χ0n) is 19.8. The number of hydrogen-bond donors (Lipinski definition) is 0. The van der Waals surface area contributed by atoms with Gasteiger partial charge in [0.1, 0.15) is 4.32 Å². The van der Waals surface area contributed by atoms with Gasteiger partial charge >= 0.3 is 0 Å². The molecular formula is C27H27N3O2S3. The summed E-state index contributed by atoms with van der Waals surface area (Å²) in [5, 5.41) is 1.04. The molecule has 0 radical (unpaired) electrons. The average molecular weight is 522 g/mol. The Labute approximate surface area is 219 Å². The van der Waals surface area contributed by atoms with Crippen LogP contribution in [0.2, 0.25) is 0 Å². The topological polar surface area (TPSA) is 45.6 Å². The number of para-hydroxylation sites is 1. The van der Waals surface area contributed by atoms with Gasteiger partial charge in [0.15, 0.2) is 0 Å². The molecule has 3 heterocycles. The first kappa shape index (κ1) is 24.2. The molecule has 5 nitrogen and oxygen atoms in total. The van der Waals surface area contributed by atoms with Crippen LogP contribution in [0.3, 0.4) is 0 Å². The molecule has 180 valence electrons. The van der Waals surface area contributed by atoms with Crippen molar-refractivity contribution >= 4 is 68.6 Å². The van der Waals surface area contributed by atoms with E-state index in [1.54, 1.807) is 15.5 Å². The maximum atomic E-state index is 13.8. The molecule has 0 bridgehead atoms. The molecular weight excluding hydrogens is 495 g/mol. The van der Waals surface area contributed by atoms with Crippen LogP contribution >= 0.6 is 35.7 Å². The van der Waals surface area contributed by atoms with E-state index in [0.717, 1.165) is 46.7 Å². The number of anilines is 1. The number of aryl methyl sites for hydroxylation is 1. The molecule has 1 atom stereocenters. The zero-order valence-corrected chi connectivity index (χ0v) is 22.2. The Morgan fingerprint density at radius 3 is 2.43 bits per heavy atom. The molecule has 5 rings (SSSR count). The van der Waals surface area contributed by atoms with E-state index in [1.807, 2.05) is 74.1 Å². The Bertz CT molecular complexity index is 1380. The van der Waals surface area contributed by atoms with Crippen molar-refractivity contribution in [3.05, 3.63) is 81.0 Å². The molecule has 2 fully saturated rings. The Kier molecular flexibility index (Phi) is 7.05. The van der Waals surface area contributed by atoms with E-state index in [-0.39, 0.29) is 17.5 Å². The van der Waals surface area contributed by atoms with Crippen molar-refractivity contribution in [2.75, 3.05) is 29.5 Å². The largest absolute Gasteiger partial charge is 0.369 e. The number of fused-ring (bicyclic) bond motifs is 1. The molecule has 1 unspecified atom stereocenters. The smallest absolute Gasteiger partial charge is 0.266 e. The van der Waals surface area contributed by atoms with Crippen LogP contribution in [0.25, 0.3) is 17.0 Å². The first-order chi connectivity index (χ1) is 17.0. The summed E-state index contributed by atoms with van der Waals surface area (Å²) in [4.78, 5) is 31.9. The van der Waals surface area contributed by atoms with Gasteiger partial charge in [-0.3, -0.25) is 14.5 Å². The van der Waals surface area contributed by atoms with Crippen molar-refractivity contribution in [3.8, 4) is 0 Å². The fourth-order valence-corrected chi connectivity index (χ4v) is 7.11. The highest BCUT2D eigenvalue weighted by Gasteiger charge is 2.36. The van der Waals surface area contributed by atoms with E-state index in [0.29, 0.717) is 21.3 Å². The van der Waals surface area contributed by atoms with Gasteiger partial charge in [-0.25, -0.2) is 0 Å². The quantitative estimate of drug-likeness (QED) is 0.325. The zero-order chi connectivity index (χ0) is 24.5. The Morgan fingerprint density at radius 1 is 1.03 bits per heavy atom. The number of hydrogen-bond acceptors (Lipinski definition) is 6. The highest BCUT2D eigenvalue weighted by Crippen LogP contribution is 2.40. The van der Waals surface area contributed by atoms with Gasteiger partial charge in [-0.05, 0) is 31.6 Å². The fraction of sp³-hybridized carbons (Fsp3) is 0.296. The normalized spacial score (nSPS) is 18.6. The van der Waals surface area contributed by atoms with Gasteiger partial charge < -0.3 is 9.47 Å². The monoisotopic (exact) mass is 521 g/mol. The minimum absolute atomic E-state index is 0.0687. The summed E-state index contributed by atoms with van der Waals surface area (Å²) in [6.07, 6.45) is 1.79. The van der Waals surface area contributed by atoms with E-state index in [4.69, 9.17) is 12.2 Å². The third-order valence-corrected chi connectivity index (χ3v) is 8.87. The summed E-state index contributed by atoms with van der Waals surface area (Å²) in [5.41, 5.74) is 3.38. The number of nitrogens with zero attached hydrogens (tertiary/aromatic N) is 3. The molecule has 1 aromatic heterocycles. The number of thiocarbonyl (C=S) groups is 1. The highest BCUT2D eigenvalue weighted by atomic mass is 32.2. The highest BCUT2D eigenvalue weighted by molar-refractivity contribution is 8.26. The second kappa shape index (κ2) is 10.2. The summed E-state index contributed by atoms with van der Waals surface area (Å²) in [7, 11) is 0. The SMILES string of the molecule is CCn1c(=O)c(C=C2SC(=S)N(C(C)c3ccccc3)C2=O)c(N2CCSCC2)c2ccccc21. The van der Waals surface area contributed by atoms with E-state index in [9.17, 15) is 9.59 Å². The first-order valence-electron chi connectivity index (χ1n) is 11.8. The fourth-order valence-electron chi connectivity index (χ4n) is 4.81.